The van der Waals surface area contributed by atoms with Crippen LogP contribution in [0.1, 0.15) is 46.5 Å². The first kappa shape index (κ1) is 13.1. The van der Waals surface area contributed by atoms with E-state index in [0.29, 0.717) is 6.41 Å². The number of hydrogen-bond donors (Lipinski definition) is 1. The standard InChI is InChI=1S/C11H21NO2/c1-4-5-6-7-10(12-8-13)11(14)9(2)3/h8-10H,4-7H2,1-3H3,(H,12,13). The summed E-state index contributed by atoms with van der Waals surface area (Å²) >= 11 is 0. The summed E-state index contributed by atoms with van der Waals surface area (Å²) in [7, 11) is 0. The lowest BCUT2D eigenvalue weighted by atomic mass is 9.97. The van der Waals surface area contributed by atoms with Crippen LogP contribution in [0, 0.1) is 5.92 Å². The molecule has 0 saturated heterocycles. The highest BCUT2D eigenvalue weighted by atomic mass is 16.1. The Bertz CT molecular complexity index is 178. The van der Waals surface area contributed by atoms with E-state index in [1.54, 1.807) is 0 Å². The summed E-state index contributed by atoms with van der Waals surface area (Å²) < 4.78 is 0. The Labute approximate surface area is 86.3 Å². The van der Waals surface area contributed by atoms with Crippen molar-refractivity contribution >= 4 is 12.2 Å². The van der Waals surface area contributed by atoms with Crippen molar-refractivity contribution in [2.75, 3.05) is 0 Å². The van der Waals surface area contributed by atoms with Crippen LogP contribution in [0.15, 0.2) is 0 Å². The van der Waals surface area contributed by atoms with Crippen LogP contribution in [0.4, 0.5) is 0 Å². The second-order valence-corrected chi connectivity index (χ2v) is 3.89. The van der Waals surface area contributed by atoms with Crippen molar-refractivity contribution in [1.29, 1.82) is 0 Å². The molecule has 82 valence electrons. The smallest absolute Gasteiger partial charge is 0.207 e. The maximum Gasteiger partial charge on any atom is 0.207 e. The summed E-state index contributed by atoms with van der Waals surface area (Å²) in [6.45, 7) is 5.84. The van der Waals surface area contributed by atoms with Gasteiger partial charge in [-0.05, 0) is 6.42 Å². The molecule has 1 unspecified atom stereocenters. The first-order valence-corrected chi connectivity index (χ1v) is 5.36. The van der Waals surface area contributed by atoms with Crippen molar-refractivity contribution in [3.05, 3.63) is 0 Å². The molecule has 0 saturated carbocycles. The van der Waals surface area contributed by atoms with Gasteiger partial charge in [0, 0.05) is 5.92 Å². The summed E-state index contributed by atoms with van der Waals surface area (Å²) in [5, 5.41) is 2.59. The van der Waals surface area contributed by atoms with Crippen LogP contribution in [-0.2, 0) is 9.59 Å². The summed E-state index contributed by atoms with van der Waals surface area (Å²) in [5.74, 6) is 0.127. The molecule has 14 heavy (non-hydrogen) atoms. The zero-order valence-corrected chi connectivity index (χ0v) is 9.38. The summed E-state index contributed by atoms with van der Waals surface area (Å²) in [5.41, 5.74) is 0. The van der Waals surface area contributed by atoms with Gasteiger partial charge in [0.2, 0.25) is 6.41 Å². The minimum absolute atomic E-state index is 0.00548. The summed E-state index contributed by atoms with van der Waals surface area (Å²) in [6.07, 6.45) is 4.63. The van der Waals surface area contributed by atoms with Crippen molar-refractivity contribution in [1.82, 2.24) is 5.32 Å². The average molecular weight is 199 g/mol. The zero-order valence-electron chi connectivity index (χ0n) is 9.38. The van der Waals surface area contributed by atoms with E-state index >= 15 is 0 Å². The molecule has 0 bridgehead atoms. The number of unbranched alkanes of at least 4 members (excludes halogenated alkanes) is 2. The molecule has 0 aliphatic carbocycles. The second kappa shape index (κ2) is 7.54. The lowest BCUT2D eigenvalue weighted by Crippen LogP contribution is -2.38. The Morgan fingerprint density at radius 1 is 1.36 bits per heavy atom. The average Bonchev–Trinajstić information content (AvgIpc) is 2.15. The fourth-order valence-corrected chi connectivity index (χ4v) is 1.39. The van der Waals surface area contributed by atoms with Crippen molar-refractivity contribution in [2.45, 2.75) is 52.5 Å². The molecule has 1 atom stereocenters. The third kappa shape index (κ3) is 5.00. The maximum absolute atomic E-state index is 11.6. The maximum atomic E-state index is 11.6. The number of amides is 1. The van der Waals surface area contributed by atoms with Gasteiger partial charge in [-0.3, -0.25) is 9.59 Å². The predicted molar refractivity (Wildman–Crippen MR) is 57.0 cm³/mol. The molecule has 3 heteroatoms. The van der Waals surface area contributed by atoms with Crippen LogP contribution < -0.4 is 5.32 Å². The third-order valence-corrected chi connectivity index (χ3v) is 2.28. The highest BCUT2D eigenvalue weighted by molar-refractivity contribution is 5.87. The zero-order chi connectivity index (χ0) is 11.0. The SMILES string of the molecule is CCCCCC(NC=O)C(=O)C(C)C. The number of carbonyl (C=O) groups is 2. The van der Waals surface area contributed by atoms with Gasteiger partial charge in [0.15, 0.2) is 5.78 Å². The number of hydrogen-bond acceptors (Lipinski definition) is 2. The van der Waals surface area contributed by atoms with Crippen LogP contribution >= 0.6 is 0 Å². The lowest BCUT2D eigenvalue weighted by molar-refractivity contribution is -0.126. The van der Waals surface area contributed by atoms with Gasteiger partial charge in [-0.2, -0.15) is 0 Å². The number of nitrogens with one attached hydrogen (secondary N) is 1. The minimum atomic E-state index is -0.279. The van der Waals surface area contributed by atoms with Crippen LogP contribution in [0.2, 0.25) is 0 Å². The van der Waals surface area contributed by atoms with Gasteiger partial charge in [-0.1, -0.05) is 40.0 Å². The van der Waals surface area contributed by atoms with Gasteiger partial charge < -0.3 is 5.32 Å². The molecule has 0 heterocycles. The van der Waals surface area contributed by atoms with Gasteiger partial charge in [0.1, 0.15) is 0 Å². The number of Topliss-reactive ketones (excluding diaryl/α,β-unsaturated/α-hetero) is 1. The van der Waals surface area contributed by atoms with Crippen LogP contribution in [0.25, 0.3) is 0 Å². The van der Waals surface area contributed by atoms with Crippen molar-refractivity contribution in [3.63, 3.8) is 0 Å². The van der Waals surface area contributed by atoms with Gasteiger partial charge in [-0.15, -0.1) is 0 Å². The Balaban J connectivity index is 4.00. The monoisotopic (exact) mass is 199 g/mol. The molecule has 0 aliphatic heterocycles. The largest absolute Gasteiger partial charge is 0.349 e. The molecule has 1 amide bonds. The molecular formula is C11H21NO2. The van der Waals surface area contributed by atoms with E-state index in [0.717, 1.165) is 25.7 Å². The van der Waals surface area contributed by atoms with E-state index in [2.05, 4.69) is 12.2 Å². The van der Waals surface area contributed by atoms with E-state index in [1.807, 2.05) is 13.8 Å². The first-order valence-electron chi connectivity index (χ1n) is 5.36. The molecule has 0 rings (SSSR count). The van der Waals surface area contributed by atoms with Gasteiger partial charge >= 0.3 is 0 Å². The molecule has 0 aromatic carbocycles. The lowest BCUT2D eigenvalue weighted by Gasteiger charge is -2.16. The Morgan fingerprint density at radius 2 is 2.00 bits per heavy atom. The summed E-state index contributed by atoms with van der Waals surface area (Å²) in [6, 6.07) is -0.279. The molecular weight excluding hydrogens is 178 g/mol. The van der Waals surface area contributed by atoms with Gasteiger partial charge in [0.05, 0.1) is 6.04 Å². The van der Waals surface area contributed by atoms with Crippen molar-refractivity contribution < 1.29 is 9.59 Å². The molecule has 0 aromatic heterocycles. The first-order chi connectivity index (χ1) is 6.63. The van der Waals surface area contributed by atoms with E-state index in [1.165, 1.54) is 0 Å². The highest BCUT2D eigenvalue weighted by Crippen LogP contribution is 2.08. The number of ketones is 1. The number of carbonyl (C=O) groups excluding carboxylic acids is 2. The molecule has 0 aliphatic rings. The van der Waals surface area contributed by atoms with Crippen LogP contribution in [0.3, 0.4) is 0 Å². The Kier molecular flexibility index (Phi) is 7.07. The van der Waals surface area contributed by atoms with E-state index < -0.39 is 0 Å². The van der Waals surface area contributed by atoms with E-state index in [4.69, 9.17) is 0 Å². The second-order valence-electron chi connectivity index (χ2n) is 3.89. The third-order valence-electron chi connectivity index (χ3n) is 2.28. The topological polar surface area (TPSA) is 46.2 Å². The van der Waals surface area contributed by atoms with E-state index in [9.17, 15) is 9.59 Å². The Hall–Kier alpha value is -0.860. The fourth-order valence-electron chi connectivity index (χ4n) is 1.39. The molecule has 1 N–H and O–H groups in total. The molecule has 0 spiro atoms. The minimum Gasteiger partial charge on any atom is -0.349 e. The molecule has 0 radical (unpaired) electrons. The fraction of sp³-hybridized carbons (Fsp3) is 0.818. The Morgan fingerprint density at radius 3 is 2.43 bits per heavy atom. The van der Waals surface area contributed by atoms with Crippen LogP contribution in [-0.4, -0.2) is 18.2 Å². The highest BCUT2D eigenvalue weighted by Gasteiger charge is 2.19. The quantitative estimate of drug-likeness (QED) is 0.479. The number of rotatable bonds is 8. The van der Waals surface area contributed by atoms with Crippen LogP contribution in [0.5, 0.6) is 0 Å². The van der Waals surface area contributed by atoms with E-state index in [-0.39, 0.29) is 17.7 Å². The van der Waals surface area contributed by atoms with Gasteiger partial charge in [-0.25, -0.2) is 0 Å². The molecule has 0 fully saturated rings. The normalized spacial score (nSPS) is 12.6. The molecule has 0 aromatic rings. The van der Waals surface area contributed by atoms with Gasteiger partial charge in [0.25, 0.3) is 0 Å². The van der Waals surface area contributed by atoms with Crippen molar-refractivity contribution in [2.24, 2.45) is 5.92 Å². The predicted octanol–water partition coefficient (Wildman–Crippen LogP) is 1.91. The summed E-state index contributed by atoms with van der Waals surface area (Å²) in [4.78, 5) is 21.9. The van der Waals surface area contributed by atoms with Crippen molar-refractivity contribution in [3.8, 4) is 0 Å². The molecule has 3 nitrogen and oxygen atoms in total.